The van der Waals surface area contributed by atoms with Gasteiger partial charge in [-0.15, -0.1) is 0 Å². The summed E-state index contributed by atoms with van der Waals surface area (Å²) in [5.74, 6) is -1.17. The molecule has 0 bridgehead atoms. The van der Waals surface area contributed by atoms with Crippen molar-refractivity contribution in [2.75, 3.05) is 11.5 Å². The van der Waals surface area contributed by atoms with E-state index in [1.165, 1.54) is 11.2 Å². The van der Waals surface area contributed by atoms with Crippen molar-refractivity contribution in [1.82, 2.24) is 0 Å². The van der Waals surface area contributed by atoms with Crippen LogP contribution in [0.15, 0.2) is 89.0 Å². The molecular formula is C27H20ClNO5. The quantitative estimate of drug-likeness (QED) is 0.215. The highest BCUT2D eigenvalue weighted by molar-refractivity contribution is 6.52. The number of Topliss-reactive ketones (excluding diaryl/α,β-unsaturated/α-hetero) is 1. The molecule has 34 heavy (non-hydrogen) atoms. The summed E-state index contributed by atoms with van der Waals surface area (Å²) in [4.78, 5) is 28.1. The van der Waals surface area contributed by atoms with Crippen molar-refractivity contribution in [2.45, 2.75) is 13.0 Å². The molecule has 0 saturated carbocycles. The molecule has 1 atom stereocenters. The number of carbonyl (C=O) groups is 2. The first kappa shape index (κ1) is 21.8. The molecule has 7 heteroatoms. The van der Waals surface area contributed by atoms with Crippen LogP contribution in [0.2, 0.25) is 5.02 Å². The minimum absolute atomic E-state index is 0.108. The number of furan rings is 1. The average Bonchev–Trinajstić information content (AvgIpc) is 3.47. The van der Waals surface area contributed by atoms with Crippen LogP contribution in [0, 0.1) is 0 Å². The molecule has 1 aliphatic heterocycles. The first-order valence-corrected chi connectivity index (χ1v) is 11.1. The first-order chi connectivity index (χ1) is 16.5. The fraction of sp³-hybridized carbons (Fsp3) is 0.111. The number of aliphatic hydroxyl groups excluding tert-OH is 1. The van der Waals surface area contributed by atoms with Gasteiger partial charge in [-0.1, -0.05) is 48.0 Å². The molecule has 1 N–H and O–H groups in total. The molecule has 1 fully saturated rings. The van der Waals surface area contributed by atoms with Gasteiger partial charge in [-0.2, -0.15) is 0 Å². The fourth-order valence-corrected chi connectivity index (χ4v) is 4.51. The number of rotatable bonds is 5. The number of anilines is 1. The van der Waals surface area contributed by atoms with E-state index in [1.807, 2.05) is 43.3 Å². The molecule has 0 radical (unpaired) electrons. The lowest BCUT2D eigenvalue weighted by Gasteiger charge is -2.24. The summed E-state index contributed by atoms with van der Waals surface area (Å²) in [7, 11) is 0. The number of hydrogen-bond donors (Lipinski definition) is 1. The second-order valence-corrected chi connectivity index (χ2v) is 8.16. The lowest BCUT2D eigenvalue weighted by molar-refractivity contribution is -0.132. The molecule has 3 aromatic carbocycles. The van der Waals surface area contributed by atoms with E-state index in [9.17, 15) is 14.7 Å². The second kappa shape index (κ2) is 8.72. The number of hydrogen-bond acceptors (Lipinski definition) is 5. The van der Waals surface area contributed by atoms with Gasteiger partial charge in [0.05, 0.1) is 29.2 Å². The second-order valence-electron chi connectivity index (χ2n) is 7.76. The van der Waals surface area contributed by atoms with E-state index in [4.69, 9.17) is 20.8 Å². The number of ether oxygens (including phenoxy) is 1. The van der Waals surface area contributed by atoms with Crippen LogP contribution in [0.25, 0.3) is 16.5 Å². The zero-order valence-corrected chi connectivity index (χ0v) is 19.0. The van der Waals surface area contributed by atoms with Gasteiger partial charge in [0.15, 0.2) is 0 Å². The number of benzene rings is 3. The number of carbonyl (C=O) groups excluding carboxylic acids is 2. The molecule has 0 aliphatic carbocycles. The third kappa shape index (κ3) is 3.53. The predicted octanol–water partition coefficient (Wildman–Crippen LogP) is 6.11. The van der Waals surface area contributed by atoms with Gasteiger partial charge in [0.2, 0.25) is 0 Å². The molecule has 1 saturated heterocycles. The third-order valence-corrected chi connectivity index (χ3v) is 6.12. The van der Waals surface area contributed by atoms with Gasteiger partial charge < -0.3 is 14.3 Å². The molecule has 2 heterocycles. The predicted molar refractivity (Wildman–Crippen MR) is 130 cm³/mol. The number of aliphatic hydroxyl groups is 1. The molecule has 4 aromatic rings. The Hall–Kier alpha value is -4.03. The molecule has 170 valence electrons. The molecule has 1 aliphatic rings. The lowest BCUT2D eigenvalue weighted by atomic mass is 9.98. The molecule has 1 amide bonds. The molecule has 0 spiro atoms. The van der Waals surface area contributed by atoms with E-state index < -0.39 is 23.5 Å². The molecule has 5 rings (SSSR count). The summed E-state index contributed by atoms with van der Waals surface area (Å²) in [5, 5.41) is 13.2. The van der Waals surface area contributed by atoms with Crippen LogP contribution in [0.3, 0.4) is 0 Å². The zero-order chi connectivity index (χ0) is 23.8. The van der Waals surface area contributed by atoms with Crippen LogP contribution in [-0.2, 0) is 9.59 Å². The van der Waals surface area contributed by atoms with E-state index >= 15 is 0 Å². The van der Waals surface area contributed by atoms with E-state index in [2.05, 4.69) is 0 Å². The smallest absolute Gasteiger partial charge is 0.300 e. The Kier molecular flexibility index (Phi) is 5.59. The Morgan fingerprint density at radius 3 is 2.62 bits per heavy atom. The number of fused-ring (bicyclic) bond motifs is 1. The summed E-state index contributed by atoms with van der Waals surface area (Å²) in [5.41, 5.74) is 0.623. The van der Waals surface area contributed by atoms with Crippen molar-refractivity contribution in [3.05, 3.63) is 101 Å². The highest BCUT2D eigenvalue weighted by Gasteiger charge is 2.48. The minimum Gasteiger partial charge on any atom is -0.507 e. The highest BCUT2D eigenvalue weighted by atomic mass is 35.5. The van der Waals surface area contributed by atoms with E-state index in [-0.39, 0.29) is 16.2 Å². The largest absolute Gasteiger partial charge is 0.507 e. The number of nitrogens with zero attached hydrogens (tertiary/aromatic N) is 1. The Bertz CT molecular complexity index is 1440. The van der Waals surface area contributed by atoms with Crippen molar-refractivity contribution in [2.24, 2.45) is 0 Å². The van der Waals surface area contributed by atoms with Crippen LogP contribution in [0.4, 0.5) is 5.69 Å². The summed E-state index contributed by atoms with van der Waals surface area (Å²) < 4.78 is 11.2. The molecular weight excluding hydrogens is 454 g/mol. The van der Waals surface area contributed by atoms with E-state index in [1.54, 1.807) is 36.4 Å². The zero-order valence-electron chi connectivity index (χ0n) is 18.2. The van der Waals surface area contributed by atoms with E-state index in [0.717, 1.165) is 10.8 Å². The van der Waals surface area contributed by atoms with E-state index in [0.29, 0.717) is 23.8 Å². The Morgan fingerprint density at radius 1 is 1.06 bits per heavy atom. The Morgan fingerprint density at radius 2 is 1.85 bits per heavy atom. The van der Waals surface area contributed by atoms with Crippen LogP contribution < -0.4 is 9.64 Å². The number of amides is 1. The van der Waals surface area contributed by atoms with Crippen LogP contribution in [0.1, 0.15) is 24.3 Å². The molecule has 6 nitrogen and oxygen atoms in total. The topological polar surface area (TPSA) is 80.0 Å². The summed E-state index contributed by atoms with van der Waals surface area (Å²) in [6, 6.07) is 20.2. The van der Waals surface area contributed by atoms with Gasteiger partial charge in [-0.25, -0.2) is 0 Å². The van der Waals surface area contributed by atoms with Crippen molar-refractivity contribution >= 4 is 45.5 Å². The maximum absolute atomic E-state index is 13.4. The van der Waals surface area contributed by atoms with Gasteiger partial charge in [0.25, 0.3) is 11.7 Å². The molecule has 1 aromatic heterocycles. The van der Waals surface area contributed by atoms with Crippen molar-refractivity contribution < 1.29 is 23.8 Å². The SMILES string of the molecule is CCOc1ccc(Cl)c(/C(O)=C2/C(=O)C(=O)N(c3cccc4ccccc34)C2c2ccco2)c1. The summed E-state index contributed by atoms with van der Waals surface area (Å²) in [6.07, 6.45) is 1.46. The first-order valence-electron chi connectivity index (χ1n) is 10.8. The Balaban J connectivity index is 1.75. The van der Waals surface area contributed by atoms with Crippen molar-refractivity contribution in [3.63, 3.8) is 0 Å². The third-order valence-electron chi connectivity index (χ3n) is 5.79. The van der Waals surface area contributed by atoms with Crippen molar-refractivity contribution in [1.29, 1.82) is 0 Å². The minimum atomic E-state index is -0.979. The summed E-state index contributed by atoms with van der Waals surface area (Å²) in [6.45, 7) is 2.25. The maximum Gasteiger partial charge on any atom is 0.300 e. The summed E-state index contributed by atoms with van der Waals surface area (Å²) >= 11 is 6.37. The van der Waals surface area contributed by atoms with Crippen LogP contribution in [0.5, 0.6) is 5.75 Å². The highest BCUT2D eigenvalue weighted by Crippen LogP contribution is 2.45. The number of ketones is 1. The Labute approximate surface area is 200 Å². The fourth-order valence-electron chi connectivity index (χ4n) is 4.30. The van der Waals surface area contributed by atoms with Gasteiger partial charge in [-0.3, -0.25) is 14.5 Å². The normalized spacial score (nSPS) is 17.5. The standard InChI is InChI=1S/C27H20ClNO5/c1-2-33-17-12-13-20(28)19(15-17)25(30)23-24(22-11-6-14-34-22)29(27(32)26(23)31)21-10-5-8-16-7-3-4-9-18(16)21/h3-15,24,30H,2H2,1H3/b25-23-. The average molecular weight is 474 g/mol. The van der Waals surface area contributed by atoms with Gasteiger partial charge >= 0.3 is 0 Å². The van der Waals surface area contributed by atoms with Gasteiger partial charge in [0, 0.05) is 10.9 Å². The van der Waals surface area contributed by atoms with Crippen LogP contribution >= 0.6 is 11.6 Å². The van der Waals surface area contributed by atoms with Gasteiger partial charge in [-0.05, 0) is 48.7 Å². The van der Waals surface area contributed by atoms with Gasteiger partial charge in [0.1, 0.15) is 23.3 Å². The lowest BCUT2D eigenvalue weighted by Crippen LogP contribution is -2.29. The van der Waals surface area contributed by atoms with Crippen molar-refractivity contribution in [3.8, 4) is 5.75 Å². The maximum atomic E-state index is 13.4. The molecule has 1 unspecified atom stereocenters. The number of halogens is 1. The monoisotopic (exact) mass is 473 g/mol. The van der Waals surface area contributed by atoms with Crippen LogP contribution in [-0.4, -0.2) is 23.4 Å².